The number of hydrogen-bond donors (Lipinski definition) is 1. The van der Waals surface area contributed by atoms with E-state index in [-0.39, 0.29) is 24.8 Å². The Balaban J connectivity index is 2.21. The van der Waals surface area contributed by atoms with Crippen molar-refractivity contribution in [2.24, 2.45) is 0 Å². The second kappa shape index (κ2) is 5.40. The molecule has 2 rings (SSSR count). The van der Waals surface area contributed by atoms with E-state index in [0.717, 1.165) is 5.69 Å². The molecule has 6 nitrogen and oxygen atoms in total. The van der Waals surface area contributed by atoms with Gasteiger partial charge in [0.2, 0.25) is 5.91 Å². The van der Waals surface area contributed by atoms with E-state index >= 15 is 0 Å². The van der Waals surface area contributed by atoms with Crippen molar-refractivity contribution in [2.75, 3.05) is 30.4 Å². The molecule has 0 saturated carbocycles. The molecule has 1 heterocycles. The maximum absolute atomic E-state index is 11.6. The Morgan fingerprint density at radius 1 is 1.58 bits per heavy atom. The van der Waals surface area contributed by atoms with Gasteiger partial charge in [0, 0.05) is 6.54 Å². The summed E-state index contributed by atoms with van der Waals surface area (Å²) in [5, 5.41) is 11.6. The number of carbonyl (C=O) groups excluding carboxylic acids is 2. The first-order valence-electron chi connectivity index (χ1n) is 5.80. The van der Waals surface area contributed by atoms with Gasteiger partial charge in [0.1, 0.15) is 0 Å². The summed E-state index contributed by atoms with van der Waals surface area (Å²) in [6.45, 7) is 0.592. The zero-order chi connectivity index (χ0) is 13.8. The van der Waals surface area contributed by atoms with Crippen LogP contribution in [-0.2, 0) is 14.3 Å². The van der Waals surface area contributed by atoms with Gasteiger partial charge in [-0.1, -0.05) is 0 Å². The van der Waals surface area contributed by atoms with Gasteiger partial charge in [-0.3, -0.25) is 9.59 Å². The number of methoxy groups -OCH3 is 1. The molecule has 98 valence electrons. The third-order valence-electron chi connectivity index (χ3n) is 2.89. The molecule has 0 bridgehead atoms. The quantitative estimate of drug-likeness (QED) is 0.815. The Kier molecular flexibility index (Phi) is 3.66. The van der Waals surface area contributed by atoms with E-state index in [1.54, 1.807) is 23.1 Å². The lowest BCUT2D eigenvalue weighted by atomic mass is 10.1. The summed E-state index contributed by atoms with van der Waals surface area (Å²) in [7, 11) is 1.33. The van der Waals surface area contributed by atoms with Crippen LogP contribution in [0.5, 0.6) is 0 Å². The molecular weight excluding hydrogens is 246 g/mol. The Hall–Kier alpha value is -2.55. The number of benzene rings is 1. The van der Waals surface area contributed by atoms with Crippen LogP contribution >= 0.6 is 0 Å². The molecule has 1 aromatic rings. The molecular formula is C13H13N3O3. The van der Waals surface area contributed by atoms with Gasteiger partial charge in [-0.15, -0.1) is 0 Å². The van der Waals surface area contributed by atoms with Crippen molar-refractivity contribution < 1.29 is 14.3 Å². The summed E-state index contributed by atoms with van der Waals surface area (Å²) < 4.78 is 4.58. The predicted molar refractivity (Wildman–Crippen MR) is 68.6 cm³/mol. The van der Waals surface area contributed by atoms with Crippen LogP contribution in [0.4, 0.5) is 11.4 Å². The third-order valence-corrected chi connectivity index (χ3v) is 2.89. The number of amides is 1. The maximum Gasteiger partial charge on any atom is 0.307 e. The van der Waals surface area contributed by atoms with Crippen LogP contribution in [0.3, 0.4) is 0 Å². The van der Waals surface area contributed by atoms with Gasteiger partial charge in [-0.05, 0) is 18.2 Å². The van der Waals surface area contributed by atoms with Gasteiger partial charge >= 0.3 is 5.97 Å². The molecule has 1 aliphatic rings. The minimum Gasteiger partial charge on any atom is -0.469 e. The molecule has 6 heteroatoms. The summed E-state index contributed by atoms with van der Waals surface area (Å²) in [5.41, 5.74) is 1.89. The van der Waals surface area contributed by atoms with Crippen molar-refractivity contribution in [1.29, 1.82) is 5.26 Å². The standard InChI is InChI=1S/C13H13N3O3/c1-19-13(18)4-5-16-8-12(17)15-10-6-9(7-14)2-3-11(10)16/h2-3,6H,4-5,8H2,1H3,(H,15,17). The summed E-state index contributed by atoms with van der Waals surface area (Å²) in [5.74, 6) is -0.478. The van der Waals surface area contributed by atoms with Crippen LogP contribution in [0.25, 0.3) is 0 Å². The molecule has 1 aromatic carbocycles. The third kappa shape index (κ3) is 2.83. The van der Waals surface area contributed by atoms with Crippen LogP contribution in [0.15, 0.2) is 18.2 Å². The highest BCUT2D eigenvalue weighted by Crippen LogP contribution is 2.30. The largest absolute Gasteiger partial charge is 0.469 e. The first-order chi connectivity index (χ1) is 9.13. The molecule has 0 aliphatic carbocycles. The number of ether oxygens (including phenoxy) is 1. The van der Waals surface area contributed by atoms with E-state index in [0.29, 0.717) is 17.8 Å². The summed E-state index contributed by atoms with van der Waals surface area (Å²) >= 11 is 0. The lowest BCUT2D eigenvalue weighted by molar-refractivity contribution is -0.140. The number of nitrogens with zero attached hydrogens (tertiary/aromatic N) is 2. The second-order valence-corrected chi connectivity index (χ2v) is 4.14. The number of nitriles is 1. The molecule has 1 aliphatic heterocycles. The van der Waals surface area contributed by atoms with Gasteiger partial charge in [0.15, 0.2) is 0 Å². The van der Waals surface area contributed by atoms with Gasteiger partial charge < -0.3 is 15.0 Å². The van der Waals surface area contributed by atoms with Crippen molar-refractivity contribution in [1.82, 2.24) is 0 Å². The van der Waals surface area contributed by atoms with Gasteiger partial charge in [0.25, 0.3) is 0 Å². The minimum atomic E-state index is -0.318. The zero-order valence-corrected chi connectivity index (χ0v) is 10.5. The number of esters is 1. The lowest BCUT2D eigenvalue weighted by Crippen LogP contribution is -2.39. The topological polar surface area (TPSA) is 82.4 Å². The molecule has 0 saturated heterocycles. The predicted octanol–water partition coefficient (Wildman–Crippen LogP) is 0.880. The van der Waals surface area contributed by atoms with Crippen LogP contribution in [0.1, 0.15) is 12.0 Å². The number of carbonyl (C=O) groups is 2. The van der Waals surface area contributed by atoms with Crippen molar-refractivity contribution in [3.8, 4) is 6.07 Å². The first kappa shape index (κ1) is 12.9. The van der Waals surface area contributed by atoms with E-state index in [1.165, 1.54) is 7.11 Å². The van der Waals surface area contributed by atoms with Crippen molar-refractivity contribution in [2.45, 2.75) is 6.42 Å². The normalized spacial score (nSPS) is 13.3. The number of hydrogen-bond acceptors (Lipinski definition) is 5. The number of anilines is 2. The molecule has 0 atom stereocenters. The van der Waals surface area contributed by atoms with Crippen molar-refractivity contribution in [3.63, 3.8) is 0 Å². The van der Waals surface area contributed by atoms with Crippen molar-refractivity contribution in [3.05, 3.63) is 23.8 Å². The second-order valence-electron chi connectivity index (χ2n) is 4.14. The maximum atomic E-state index is 11.6. The molecule has 0 fully saturated rings. The average Bonchev–Trinajstić information content (AvgIpc) is 2.43. The zero-order valence-electron chi connectivity index (χ0n) is 10.5. The van der Waals surface area contributed by atoms with Crippen LogP contribution in [0.2, 0.25) is 0 Å². The number of rotatable bonds is 3. The van der Waals surface area contributed by atoms with E-state index in [2.05, 4.69) is 10.1 Å². The molecule has 0 radical (unpaired) electrons. The molecule has 19 heavy (non-hydrogen) atoms. The van der Waals surface area contributed by atoms with Gasteiger partial charge in [0.05, 0.1) is 43.1 Å². The molecule has 0 unspecified atom stereocenters. The average molecular weight is 259 g/mol. The van der Waals surface area contributed by atoms with Crippen LogP contribution < -0.4 is 10.2 Å². The highest BCUT2D eigenvalue weighted by Gasteiger charge is 2.22. The number of fused-ring (bicyclic) bond motifs is 1. The molecule has 1 N–H and O–H groups in total. The summed E-state index contributed by atoms with van der Waals surface area (Å²) in [6.07, 6.45) is 0.212. The summed E-state index contributed by atoms with van der Waals surface area (Å²) in [4.78, 5) is 24.6. The minimum absolute atomic E-state index is 0.160. The van der Waals surface area contributed by atoms with Crippen molar-refractivity contribution >= 4 is 23.3 Å². The Morgan fingerprint density at radius 2 is 2.37 bits per heavy atom. The van der Waals surface area contributed by atoms with E-state index in [4.69, 9.17) is 5.26 Å². The highest BCUT2D eigenvalue weighted by atomic mass is 16.5. The summed E-state index contributed by atoms with van der Waals surface area (Å²) in [6, 6.07) is 7.10. The van der Waals surface area contributed by atoms with Gasteiger partial charge in [-0.2, -0.15) is 5.26 Å². The fraction of sp³-hybridized carbons (Fsp3) is 0.308. The number of nitrogens with one attached hydrogen (secondary N) is 1. The fourth-order valence-corrected chi connectivity index (χ4v) is 1.96. The van der Waals surface area contributed by atoms with E-state index in [9.17, 15) is 9.59 Å². The van der Waals surface area contributed by atoms with Crippen LogP contribution in [0, 0.1) is 11.3 Å². The SMILES string of the molecule is COC(=O)CCN1CC(=O)Nc2cc(C#N)ccc21. The van der Waals surface area contributed by atoms with Crippen LogP contribution in [-0.4, -0.2) is 32.1 Å². The molecule has 0 aromatic heterocycles. The van der Waals surface area contributed by atoms with E-state index in [1.807, 2.05) is 6.07 Å². The Labute approximate surface area is 110 Å². The van der Waals surface area contributed by atoms with E-state index < -0.39 is 0 Å². The molecule has 1 amide bonds. The Bertz CT molecular complexity index is 563. The Morgan fingerprint density at radius 3 is 3.05 bits per heavy atom. The fourth-order valence-electron chi connectivity index (χ4n) is 1.96. The molecule has 0 spiro atoms. The highest BCUT2D eigenvalue weighted by molar-refractivity contribution is 6.01. The lowest BCUT2D eigenvalue weighted by Gasteiger charge is -2.30. The van der Waals surface area contributed by atoms with Gasteiger partial charge in [-0.25, -0.2) is 0 Å². The smallest absolute Gasteiger partial charge is 0.307 e. The monoisotopic (exact) mass is 259 g/mol. The first-order valence-corrected chi connectivity index (χ1v) is 5.80.